The highest BCUT2D eigenvalue weighted by atomic mass is 35.5. The second-order valence-electron chi connectivity index (χ2n) is 8.82. The lowest BCUT2D eigenvalue weighted by Gasteiger charge is -2.32. The molecule has 3 atom stereocenters. The molecule has 1 aromatic carbocycles. The molecule has 2 aromatic rings. The van der Waals surface area contributed by atoms with Crippen molar-refractivity contribution in [2.24, 2.45) is 11.8 Å². The van der Waals surface area contributed by atoms with E-state index in [4.69, 9.17) is 31.7 Å². The Labute approximate surface area is 216 Å². The van der Waals surface area contributed by atoms with Gasteiger partial charge in [0.25, 0.3) is 5.91 Å². The zero-order valence-corrected chi connectivity index (χ0v) is 22.1. The Morgan fingerprint density at radius 1 is 1.28 bits per heavy atom. The van der Waals surface area contributed by atoms with Gasteiger partial charge in [0.05, 0.1) is 48.2 Å². The fourth-order valence-electron chi connectivity index (χ4n) is 4.70. The van der Waals surface area contributed by atoms with Crippen LogP contribution in [0.5, 0.6) is 11.5 Å². The van der Waals surface area contributed by atoms with Gasteiger partial charge in [-0.3, -0.25) is 4.79 Å². The number of benzene rings is 1. The molecule has 36 heavy (non-hydrogen) atoms. The summed E-state index contributed by atoms with van der Waals surface area (Å²) < 4.78 is 19.0. The Morgan fingerprint density at radius 2 is 2.03 bits per heavy atom. The smallest absolute Gasteiger partial charge is 0.270 e. The van der Waals surface area contributed by atoms with Crippen LogP contribution in [0.25, 0.3) is 5.69 Å². The van der Waals surface area contributed by atoms with E-state index in [-0.39, 0.29) is 30.6 Å². The second-order valence-corrected chi connectivity index (χ2v) is 9.23. The van der Waals surface area contributed by atoms with E-state index in [1.807, 2.05) is 52.1 Å². The number of carbonyl (C=O) groups excluding carboxylic acids is 1. The number of ether oxygens (including phenoxy) is 3. The average molecular weight is 514 g/mol. The van der Waals surface area contributed by atoms with Crippen molar-refractivity contribution in [3.05, 3.63) is 69.7 Å². The van der Waals surface area contributed by atoms with Crippen LogP contribution in [0.1, 0.15) is 18.3 Å². The maximum atomic E-state index is 13.0. The number of hydrogen-bond donors (Lipinski definition) is 2. The van der Waals surface area contributed by atoms with Gasteiger partial charge in [0.2, 0.25) is 0 Å². The third-order valence-electron chi connectivity index (χ3n) is 6.70. The zero-order valence-electron chi connectivity index (χ0n) is 21.3. The Bertz CT molecular complexity index is 1270. The molecule has 4 rings (SSSR count). The van der Waals surface area contributed by atoms with E-state index in [1.54, 1.807) is 31.0 Å². The number of carbonyl (C=O) groups is 1. The standard InChI is InChI=1S/C26H32ClN5O4/c1-14-23(24(14)29-4)26(33)31(28)20-8-7-9-21(34-5)18(20)13-36-22-11-10-17(12-19(22)27)32-16(3)25(35-6)15(2)30-32/h7-12,18,21,24,29H,13,28H2,1-6H3. The maximum Gasteiger partial charge on any atom is 0.270 e. The van der Waals surface area contributed by atoms with Crippen molar-refractivity contribution in [2.45, 2.75) is 32.9 Å². The first kappa shape index (κ1) is 26.0. The van der Waals surface area contributed by atoms with Gasteiger partial charge in [0.15, 0.2) is 5.75 Å². The van der Waals surface area contributed by atoms with E-state index in [1.165, 1.54) is 5.01 Å². The molecule has 0 bridgehead atoms. The lowest BCUT2D eigenvalue weighted by Crippen LogP contribution is -2.44. The molecule has 2 aliphatic rings. The van der Waals surface area contributed by atoms with Crippen LogP contribution in [0.3, 0.4) is 0 Å². The Morgan fingerprint density at radius 3 is 2.61 bits per heavy atom. The summed E-state index contributed by atoms with van der Waals surface area (Å²) in [6, 6.07) is 5.44. The van der Waals surface area contributed by atoms with Gasteiger partial charge >= 0.3 is 0 Å². The molecule has 1 aromatic heterocycles. The van der Waals surface area contributed by atoms with Gasteiger partial charge in [-0.05, 0) is 57.7 Å². The van der Waals surface area contributed by atoms with E-state index >= 15 is 0 Å². The van der Waals surface area contributed by atoms with Crippen molar-refractivity contribution < 1.29 is 19.0 Å². The zero-order chi connectivity index (χ0) is 26.1. The molecule has 3 unspecified atom stereocenters. The Hall–Kier alpha value is -3.11. The summed E-state index contributed by atoms with van der Waals surface area (Å²) in [5, 5.41) is 9.27. The number of hydrogen-bond acceptors (Lipinski definition) is 7. The number of amides is 1. The number of hydrazine groups is 1. The molecule has 1 amide bonds. The number of nitrogens with one attached hydrogen (secondary N) is 1. The van der Waals surface area contributed by atoms with Gasteiger partial charge in [-0.25, -0.2) is 15.5 Å². The minimum absolute atomic E-state index is 0.0318. The van der Waals surface area contributed by atoms with Crippen molar-refractivity contribution in [3.8, 4) is 17.2 Å². The largest absolute Gasteiger partial charge is 0.493 e. The van der Waals surface area contributed by atoms with Crippen LogP contribution >= 0.6 is 11.6 Å². The van der Waals surface area contributed by atoms with Crippen LogP contribution in [0.2, 0.25) is 5.02 Å². The van der Waals surface area contributed by atoms with Crippen LogP contribution in [0.4, 0.5) is 0 Å². The molecule has 0 saturated carbocycles. The van der Waals surface area contributed by atoms with E-state index in [9.17, 15) is 4.79 Å². The molecule has 3 N–H and O–H groups in total. The molecule has 2 aliphatic carbocycles. The number of aromatic nitrogens is 2. The van der Waals surface area contributed by atoms with E-state index in [0.29, 0.717) is 22.0 Å². The van der Waals surface area contributed by atoms with E-state index in [2.05, 4.69) is 10.4 Å². The number of nitrogens with two attached hydrogens (primary N) is 1. The van der Waals surface area contributed by atoms with Crippen molar-refractivity contribution in [1.29, 1.82) is 0 Å². The lowest BCUT2D eigenvalue weighted by atomic mass is 9.93. The predicted octanol–water partition coefficient (Wildman–Crippen LogP) is 3.24. The second kappa shape index (κ2) is 10.5. The van der Waals surface area contributed by atoms with Gasteiger partial charge in [0.1, 0.15) is 11.4 Å². The SMILES string of the molecule is CNC1C(C)=C1C(=O)N(N)C1=CC=CC(OC)C1COc1ccc(-n2nc(C)c(OC)c2C)cc1Cl. The van der Waals surface area contributed by atoms with Crippen LogP contribution in [-0.2, 0) is 9.53 Å². The molecular weight excluding hydrogens is 482 g/mol. The van der Waals surface area contributed by atoms with Crippen LogP contribution in [0.15, 0.2) is 53.3 Å². The third kappa shape index (κ3) is 4.67. The Balaban J connectivity index is 1.52. The first-order chi connectivity index (χ1) is 17.2. The fourth-order valence-corrected chi connectivity index (χ4v) is 4.92. The first-order valence-electron chi connectivity index (χ1n) is 11.6. The number of likely N-dealkylation sites (N-methyl/N-ethyl adjacent to an activating group) is 1. The third-order valence-corrected chi connectivity index (χ3v) is 7.00. The highest BCUT2D eigenvalue weighted by Crippen LogP contribution is 2.35. The normalized spacial score (nSPS) is 20.9. The molecule has 0 spiro atoms. The summed E-state index contributed by atoms with van der Waals surface area (Å²) >= 11 is 6.59. The summed E-state index contributed by atoms with van der Waals surface area (Å²) in [5.74, 6) is 6.98. The summed E-state index contributed by atoms with van der Waals surface area (Å²) in [6.07, 6.45) is 5.24. The topological polar surface area (TPSA) is 104 Å². The summed E-state index contributed by atoms with van der Waals surface area (Å²) in [4.78, 5) is 13.0. The number of allylic oxidation sites excluding steroid dienone is 2. The summed E-state index contributed by atoms with van der Waals surface area (Å²) in [6.45, 7) is 5.95. The summed E-state index contributed by atoms with van der Waals surface area (Å²) in [5.41, 5.74) is 4.75. The van der Waals surface area contributed by atoms with Crippen LogP contribution in [0, 0.1) is 19.8 Å². The number of aryl methyl sites for hydroxylation is 1. The minimum atomic E-state index is -0.322. The minimum Gasteiger partial charge on any atom is -0.493 e. The lowest BCUT2D eigenvalue weighted by molar-refractivity contribution is -0.126. The number of halogens is 1. The summed E-state index contributed by atoms with van der Waals surface area (Å²) in [7, 11) is 5.05. The fraction of sp³-hybridized carbons (Fsp3) is 0.385. The van der Waals surface area contributed by atoms with E-state index in [0.717, 1.165) is 28.4 Å². The van der Waals surface area contributed by atoms with E-state index < -0.39 is 0 Å². The Kier molecular flexibility index (Phi) is 7.56. The van der Waals surface area contributed by atoms with Gasteiger partial charge in [-0.1, -0.05) is 23.8 Å². The monoisotopic (exact) mass is 513 g/mol. The van der Waals surface area contributed by atoms with Crippen molar-refractivity contribution in [1.82, 2.24) is 20.1 Å². The molecule has 10 heteroatoms. The van der Waals surface area contributed by atoms with Gasteiger partial charge in [0, 0.05) is 18.4 Å². The molecule has 0 radical (unpaired) electrons. The van der Waals surface area contributed by atoms with Crippen molar-refractivity contribution >= 4 is 17.5 Å². The molecule has 0 aliphatic heterocycles. The highest BCUT2D eigenvalue weighted by molar-refractivity contribution is 6.32. The quantitative estimate of drug-likeness (QED) is 0.301. The van der Waals surface area contributed by atoms with Crippen molar-refractivity contribution in [2.75, 3.05) is 27.9 Å². The number of methoxy groups -OCH3 is 2. The van der Waals surface area contributed by atoms with Gasteiger partial charge < -0.3 is 19.5 Å². The molecule has 0 saturated heterocycles. The predicted molar refractivity (Wildman–Crippen MR) is 138 cm³/mol. The molecular formula is C26H32ClN5O4. The van der Waals surface area contributed by atoms with Gasteiger partial charge in [-0.15, -0.1) is 0 Å². The number of rotatable bonds is 9. The molecule has 1 heterocycles. The van der Waals surface area contributed by atoms with Crippen molar-refractivity contribution in [3.63, 3.8) is 0 Å². The number of nitrogens with zero attached hydrogens (tertiary/aromatic N) is 3. The molecule has 0 fully saturated rings. The molecule has 9 nitrogen and oxygen atoms in total. The molecule has 192 valence electrons. The average Bonchev–Trinajstić information content (AvgIpc) is 3.44. The van der Waals surface area contributed by atoms with Crippen LogP contribution < -0.4 is 20.6 Å². The van der Waals surface area contributed by atoms with Gasteiger partial charge in [-0.2, -0.15) is 5.10 Å². The first-order valence-corrected chi connectivity index (χ1v) is 12.0. The highest BCUT2D eigenvalue weighted by Gasteiger charge is 2.41. The maximum absolute atomic E-state index is 13.0. The van der Waals surface area contributed by atoms with Crippen LogP contribution in [-0.4, -0.2) is 60.7 Å².